The van der Waals surface area contributed by atoms with Gasteiger partial charge in [-0.1, -0.05) is 11.6 Å². The number of nitrogens with zero attached hydrogens (tertiary/aromatic N) is 2. The van der Waals surface area contributed by atoms with Gasteiger partial charge in [0.15, 0.2) is 9.84 Å². The number of carbonyl (C=O) groups is 1. The lowest BCUT2D eigenvalue weighted by Crippen LogP contribution is -2.36. The molecule has 2 aromatic rings. The van der Waals surface area contributed by atoms with Crippen molar-refractivity contribution in [3.8, 4) is 0 Å². The van der Waals surface area contributed by atoms with E-state index in [4.69, 9.17) is 11.6 Å². The van der Waals surface area contributed by atoms with Crippen LogP contribution in [0.15, 0.2) is 24.4 Å². The maximum Gasteiger partial charge on any atom is 0.222 e. The molecule has 118 valence electrons. The van der Waals surface area contributed by atoms with E-state index in [2.05, 4.69) is 10.4 Å². The van der Waals surface area contributed by atoms with E-state index < -0.39 is 9.84 Å². The van der Waals surface area contributed by atoms with Gasteiger partial charge in [0.1, 0.15) is 0 Å². The Balaban J connectivity index is 1.58. The number of fused-ring (bicyclic) bond motifs is 1. The fraction of sp³-hybridized carbons (Fsp3) is 0.429. The summed E-state index contributed by atoms with van der Waals surface area (Å²) in [5.74, 6) is 0.0458. The minimum atomic E-state index is -2.98. The summed E-state index contributed by atoms with van der Waals surface area (Å²) in [7, 11) is -2.98. The maximum atomic E-state index is 11.9. The molecule has 0 saturated carbocycles. The van der Waals surface area contributed by atoms with Crippen LogP contribution in [0.25, 0.3) is 10.9 Å². The molecule has 1 saturated heterocycles. The number of hydrogen-bond donors (Lipinski definition) is 1. The smallest absolute Gasteiger partial charge is 0.222 e. The standard InChI is InChI=1S/C14H16ClN3O3S/c15-11-1-2-13-10(7-11)8-16-18(13)5-3-14(19)17-12-4-6-22(20,21)9-12/h1-2,7-8,12H,3-6,9H2,(H,17,19). The quantitative estimate of drug-likeness (QED) is 0.911. The second-order valence-electron chi connectivity index (χ2n) is 5.49. The molecule has 0 bridgehead atoms. The van der Waals surface area contributed by atoms with Crippen LogP contribution in [0.4, 0.5) is 0 Å². The number of amides is 1. The molecule has 8 heteroatoms. The predicted molar refractivity (Wildman–Crippen MR) is 84.6 cm³/mol. The van der Waals surface area contributed by atoms with Crippen LogP contribution in [0.1, 0.15) is 12.8 Å². The van der Waals surface area contributed by atoms with Crippen molar-refractivity contribution in [2.24, 2.45) is 0 Å². The first-order chi connectivity index (χ1) is 10.4. The molecule has 1 aliphatic rings. The molecule has 1 aromatic carbocycles. The Morgan fingerprint density at radius 2 is 2.27 bits per heavy atom. The van der Waals surface area contributed by atoms with Crippen LogP contribution >= 0.6 is 11.6 Å². The molecule has 1 amide bonds. The molecule has 6 nitrogen and oxygen atoms in total. The molecule has 2 heterocycles. The first-order valence-electron chi connectivity index (χ1n) is 7.04. The fourth-order valence-electron chi connectivity index (χ4n) is 2.65. The SMILES string of the molecule is O=C(CCn1ncc2cc(Cl)ccc21)NC1CCS(=O)(=O)C1. The van der Waals surface area contributed by atoms with Crippen LogP contribution in [-0.4, -0.2) is 41.7 Å². The van der Waals surface area contributed by atoms with E-state index in [9.17, 15) is 13.2 Å². The molecule has 1 atom stereocenters. The van der Waals surface area contributed by atoms with Crippen LogP contribution in [0.2, 0.25) is 5.02 Å². The Kier molecular flexibility index (Phi) is 4.10. The lowest BCUT2D eigenvalue weighted by molar-refractivity contribution is -0.121. The number of halogens is 1. The van der Waals surface area contributed by atoms with Crippen LogP contribution in [0, 0.1) is 0 Å². The van der Waals surface area contributed by atoms with E-state index in [0.717, 1.165) is 10.9 Å². The highest BCUT2D eigenvalue weighted by molar-refractivity contribution is 7.91. The van der Waals surface area contributed by atoms with Crippen LogP contribution < -0.4 is 5.32 Å². The summed E-state index contributed by atoms with van der Waals surface area (Å²) in [4.78, 5) is 11.9. The Hall–Kier alpha value is -1.60. The van der Waals surface area contributed by atoms with Gasteiger partial charge in [-0.05, 0) is 24.6 Å². The van der Waals surface area contributed by atoms with Crippen LogP contribution in [0.3, 0.4) is 0 Å². The van der Waals surface area contributed by atoms with Crippen LogP contribution in [-0.2, 0) is 21.2 Å². The zero-order valence-electron chi connectivity index (χ0n) is 11.8. The summed E-state index contributed by atoms with van der Waals surface area (Å²) in [5, 5.41) is 8.59. The fourth-order valence-corrected chi connectivity index (χ4v) is 4.51. The minimum absolute atomic E-state index is 0.0436. The van der Waals surface area contributed by atoms with Gasteiger partial charge in [-0.2, -0.15) is 5.10 Å². The van der Waals surface area contributed by atoms with Crippen LogP contribution in [0.5, 0.6) is 0 Å². The first kappa shape index (κ1) is 15.3. The van der Waals surface area contributed by atoms with Crippen molar-refractivity contribution >= 4 is 38.2 Å². The van der Waals surface area contributed by atoms with Crippen molar-refractivity contribution in [3.63, 3.8) is 0 Å². The van der Waals surface area contributed by atoms with Crippen molar-refractivity contribution in [1.82, 2.24) is 15.1 Å². The van der Waals surface area contributed by atoms with Gasteiger partial charge in [-0.15, -0.1) is 0 Å². The average molecular weight is 342 g/mol. The zero-order valence-corrected chi connectivity index (χ0v) is 13.4. The van der Waals surface area contributed by atoms with Gasteiger partial charge >= 0.3 is 0 Å². The number of benzene rings is 1. The number of aryl methyl sites for hydroxylation is 1. The minimum Gasteiger partial charge on any atom is -0.352 e. The third-order valence-corrected chi connectivity index (χ3v) is 5.76. The summed E-state index contributed by atoms with van der Waals surface area (Å²) in [5.41, 5.74) is 0.917. The second kappa shape index (κ2) is 5.89. The molecule has 1 aromatic heterocycles. The zero-order chi connectivity index (χ0) is 15.7. The Bertz CT molecular complexity index is 816. The third-order valence-electron chi connectivity index (χ3n) is 3.75. The largest absolute Gasteiger partial charge is 0.352 e. The predicted octanol–water partition coefficient (Wildman–Crippen LogP) is 1.38. The Morgan fingerprint density at radius 1 is 1.45 bits per heavy atom. The van der Waals surface area contributed by atoms with Gasteiger partial charge in [-0.3, -0.25) is 9.48 Å². The normalized spacial score (nSPS) is 20.3. The molecule has 22 heavy (non-hydrogen) atoms. The molecular formula is C14H16ClN3O3S. The summed E-state index contributed by atoms with van der Waals surface area (Å²) >= 11 is 5.92. The molecule has 1 fully saturated rings. The third kappa shape index (κ3) is 3.41. The highest BCUT2D eigenvalue weighted by Gasteiger charge is 2.28. The summed E-state index contributed by atoms with van der Waals surface area (Å²) in [6.45, 7) is 0.441. The monoisotopic (exact) mass is 341 g/mol. The Labute approximate surface area is 133 Å². The lowest BCUT2D eigenvalue weighted by Gasteiger charge is -2.11. The number of rotatable bonds is 4. The number of carbonyl (C=O) groups excluding carboxylic acids is 1. The van der Waals surface area contributed by atoms with E-state index in [-0.39, 0.29) is 29.9 Å². The van der Waals surface area contributed by atoms with Gasteiger partial charge in [0.25, 0.3) is 0 Å². The van der Waals surface area contributed by atoms with Crippen molar-refractivity contribution in [2.45, 2.75) is 25.4 Å². The number of sulfone groups is 1. The van der Waals surface area contributed by atoms with Gasteiger partial charge < -0.3 is 5.32 Å². The summed E-state index contributed by atoms with van der Waals surface area (Å²) in [6, 6.07) is 5.22. The van der Waals surface area contributed by atoms with E-state index in [0.29, 0.717) is 18.0 Å². The average Bonchev–Trinajstić information content (AvgIpc) is 2.99. The summed E-state index contributed by atoms with van der Waals surface area (Å²) < 4.78 is 24.5. The number of aromatic nitrogens is 2. The first-order valence-corrected chi connectivity index (χ1v) is 9.24. The van der Waals surface area contributed by atoms with Crippen molar-refractivity contribution < 1.29 is 13.2 Å². The van der Waals surface area contributed by atoms with Gasteiger partial charge in [-0.25, -0.2) is 8.42 Å². The second-order valence-corrected chi connectivity index (χ2v) is 8.15. The molecule has 1 unspecified atom stereocenters. The molecule has 0 aliphatic carbocycles. The van der Waals surface area contributed by atoms with Gasteiger partial charge in [0.05, 0.1) is 29.8 Å². The topological polar surface area (TPSA) is 81.1 Å². The molecular weight excluding hydrogens is 326 g/mol. The van der Waals surface area contributed by atoms with Crippen molar-refractivity contribution in [2.75, 3.05) is 11.5 Å². The van der Waals surface area contributed by atoms with Crippen molar-refractivity contribution in [3.05, 3.63) is 29.4 Å². The maximum absolute atomic E-state index is 11.9. The van der Waals surface area contributed by atoms with E-state index in [1.54, 1.807) is 16.9 Å². The van der Waals surface area contributed by atoms with Gasteiger partial charge in [0.2, 0.25) is 5.91 Å². The molecule has 0 spiro atoms. The molecule has 0 radical (unpaired) electrons. The number of hydrogen-bond acceptors (Lipinski definition) is 4. The Morgan fingerprint density at radius 3 is 3.00 bits per heavy atom. The summed E-state index contributed by atoms with van der Waals surface area (Å²) in [6.07, 6.45) is 2.47. The van der Waals surface area contributed by atoms with E-state index >= 15 is 0 Å². The highest BCUT2D eigenvalue weighted by Crippen LogP contribution is 2.19. The lowest BCUT2D eigenvalue weighted by atomic mass is 10.2. The van der Waals surface area contributed by atoms with Crippen molar-refractivity contribution in [1.29, 1.82) is 0 Å². The number of nitrogens with one attached hydrogen (secondary N) is 1. The molecule has 1 N–H and O–H groups in total. The van der Waals surface area contributed by atoms with Gasteiger partial charge in [0, 0.05) is 22.9 Å². The highest BCUT2D eigenvalue weighted by atomic mass is 35.5. The molecule has 1 aliphatic heterocycles. The van der Waals surface area contributed by atoms with E-state index in [1.807, 2.05) is 12.1 Å². The molecule has 3 rings (SSSR count). The van der Waals surface area contributed by atoms with E-state index in [1.165, 1.54) is 0 Å².